The topological polar surface area (TPSA) is 18.5 Å². The average molecular weight is 240 g/mol. The molecule has 2 rings (SSSR count). The Balaban J connectivity index is 1.71. The fraction of sp³-hybridized carbons (Fsp3) is 0.846. The first-order valence-corrected chi connectivity index (χ1v) is 8.56. The molecule has 0 N–H and O–H groups in total. The largest absolute Gasteiger partial charge is 0.357 e. The van der Waals surface area contributed by atoms with Crippen molar-refractivity contribution < 1.29 is 9.47 Å². The van der Waals surface area contributed by atoms with Crippen molar-refractivity contribution >= 4 is 9.52 Å². The van der Waals surface area contributed by atoms with Crippen molar-refractivity contribution in [2.45, 2.75) is 38.6 Å². The van der Waals surface area contributed by atoms with Crippen LogP contribution < -0.4 is 0 Å². The number of rotatable bonds is 7. The van der Waals surface area contributed by atoms with Crippen LogP contribution in [0.2, 0.25) is 6.04 Å². The standard InChI is InChI=1S/C13H24O2Si/c1-3-14-13(15-4-2)16-9-12-8-10-5-6-11(12)7-10/h5-6,10-13H,3-4,7-9,16H2,1-2H3. The third-order valence-corrected chi connectivity index (χ3v) is 5.91. The Morgan fingerprint density at radius 2 is 1.94 bits per heavy atom. The van der Waals surface area contributed by atoms with Crippen molar-refractivity contribution in [2.24, 2.45) is 17.8 Å². The minimum absolute atomic E-state index is 0.165. The van der Waals surface area contributed by atoms with Gasteiger partial charge in [-0.15, -0.1) is 0 Å². The van der Waals surface area contributed by atoms with Crippen molar-refractivity contribution in [3.8, 4) is 0 Å². The van der Waals surface area contributed by atoms with Crippen LogP contribution in [0.25, 0.3) is 0 Å². The molecule has 1 saturated carbocycles. The molecule has 0 heterocycles. The van der Waals surface area contributed by atoms with E-state index in [9.17, 15) is 0 Å². The molecule has 0 radical (unpaired) electrons. The van der Waals surface area contributed by atoms with E-state index >= 15 is 0 Å². The zero-order chi connectivity index (χ0) is 11.4. The van der Waals surface area contributed by atoms with Crippen LogP contribution in [0.4, 0.5) is 0 Å². The van der Waals surface area contributed by atoms with Crippen molar-refractivity contribution in [3.05, 3.63) is 12.2 Å². The molecule has 3 atom stereocenters. The highest BCUT2D eigenvalue weighted by Crippen LogP contribution is 2.45. The predicted octanol–water partition coefficient (Wildman–Crippen LogP) is 2.14. The Kier molecular flexibility index (Phi) is 4.62. The van der Waals surface area contributed by atoms with E-state index in [4.69, 9.17) is 9.47 Å². The minimum atomic E-state index is -0.225. The summed E-state index contributed by atoms with van der Waals surface area (Å²) < 4.78 is 11.3. The molecule has 2 bridgehead atoms. The summed E-state index contributed by atoms with van der Waals surface area (Å²) in [7, 11) is -0.225. The summed E-state index contributed by atoms with van der Waals surface area (Å²) in [5, 5.41) is 0. The van der Waals surface area contributed by atoms with Crippen LogP contribution in [0.1, 0.15) is 26.7 Å². The lowest BCUT2D eigenvalue weighted by molar-refractivity contribution is -0.0830. The zero-order valence-electron chi connectivity index (χ0n) is 10.5. The fourth-order valence-corrected chi connectivity index (χ4v) is 5.33. The van der Waals surface area contributed by atoms with Gasteiger partial charge in [0.05, 0.1) is 9.52 Å². The second-order valence-corrected chi connectivity index (χ2v) is 6.78. The molecule has 0 spiro atoms. The minimum Gasteiger partial charge on any atom is -0.357 e. The summed E-state index contributed by atoms with van der Waals surface area (Å²) in [6, 6.07) is 1.40. The Morgan fingerprint density at radius 3 is 2.44 bits per heavy atom. The molecule has 3 unspecified atom stereocenters. The molecule has 0 aromatic rings. The van der Waals surface area contributed by atoms with Gasteiger partial charge in [0.2, 0.25) is 0 Å². The maximum atomic E-state index is 5.64. The fourth-order valence-electron chi connectivity index (χ4n) is 3.16. The second-order valence-electron chi connectivity index (χ2n) is 4.96. The van der Waals surface area contributed by atoms with E-state index in [2.05, 4.69) is 26.0 Å². The molecule has 0 saturated heterocycles. The highest BCUT2D eigenvalue weighted by molar-refractivity contribution is 6.36. The maximum Gasteiger partial charge on any atom is 0.134 e. The van der Waals surface area contributed by atoms with Gasteiger partial charge >= 0.3 is 0 Å². The Bertz CT molecular complexity index is 236. The lowest BCUT2D eigenvalue weighted by Crippen LogP contribution is -2.26. The number of hydrogen-bond acceptors (Lipinski definition) is 2. The first-order valence-electron chi connectivity index (χ1n) is 6.75. The summed E-state index contributed by atoms with van der Waals surface area (Å²) in [6.07, 6.45) is 7.72. The highest BCUT2D eigenvalue weighted by Gasteiger charge is 2.35. The van der Waals surface area contributed by atoms with Crippen molar-refractivity contribution in [2.75, 3.05) is 13.2 Å². The van der Waals surface area contributed by atoms with Gasteiger partial charge in [-0.25, -0.2) is 0 Å². The lowest BCUT2D eigenvalue weighted by Gasteiger charge is -2.21. The molecular formula is C13H24O2Si. The van der Waals surface area contributed by atoms with Gasteiger partial charge in [0.15, 0.2) is 0 Å². The van der Waals surface area contributed by atoms with Gasteiger partial charge < -0.3 is 9.47 Å². The molecule has 0 aromatic carbocycles. The van der Waals surface area contributed by atoms with E-state index in [-0.39, 0.29) is 15.4 Å². The van der Waals surface area contributed by atoms with Gasteiger partial charge in [-0.1, -0.05) is 18.2 Å². The molecule has 2 aliphatic rings. The van der Waals surface area contributed by atoms with Crippen LogP contribution in [0.5, 0.6) is 0 Å². The third-order valence-electron chi connectivity index (χ3n) is 3.89. The SMILES string of the molecule is CCOC(OCC)[SiH2]CC1CC2C=CC1C2. The van der Waals surface area contributed by atoms with E-state index in [0.717, 1.165) is 31.0 Å². The monoisotopic (exact) mass is 240 g/mol. The highest BCUT2D eigenvalue weighted by atomic mass is 28.2. The van der Waals surface area contributed by atoms with Crippen LogP contribution in [0.15, 0.2) is 12.2 Å². The molecule has 2 nitrogen and oxygen atoms in total. The molecule has 3 heteroatoms. The van der Waals surface area contributed by atoms with E-state index in [1.54, 1.807) is 0 Å². The van der Waals surface area contributed by atoms with Crippen molar-refractivity contribution in [3.63, 3.8) is 0 Å². The first kappa shape index (κ1) is 12.3. The van der Waals surface area contributed by atoms with E-state index in [1.165, 1.54) is 18.9 Å². The molecule has 16 heavy (non-hydrogen) atoms. The van der Waals surface area contributed by atoms with E-state index < -0.39 is 0 Å². The zero-order valence-corrected chi connectivity index (χ0v) is 11.9. The number of fused-ring (bicyclic) bond motifs is 2. The van der Waals surface area contributed by atoms with Crippen LogP contribution in [0.3, 0.4) is 0 Å². The number of ether oxygens (including phenoxy) is 2. The molecule has 1 fully saturated rings. The summed E-state index contributed by atoms with van der Waals surface area (Å²) in [6.45, 7) is 5.68. The number of hydrogen-bond donors (Lipinski definition) is 0. The van der Waals surface area contributed by atoms with Crippen LogP contribution in [-0.2, 0) is 9.47 Å². The molecule has 0 amide bonds. The molecule has 0 aromatic heterocycles. The Morgan fingerprint density at radius 1 is 1.19 bits per heavy atom. The normalized spacial score (nSPS) is 32.6. The summed E-state index contributed by atoms with van der Waals surface area (Å²) in [5.74, 6) is 2.91. The first-order chi connectivity index (χ1) is 7.83. The van der Waals surface area contributed by atoms with E-state index in [0.29, 0.717) is 0 Å². The van der Waals surface area contributed by atoms with Gasteiger partial charge in [-0.3, -0.25) is 0 Å². The van der Waals surface area contributed by atoms with Gasteiger partial charge in [-0.2, -0.15) is 0 Å². The van der Waals surface area contributed by atoms with E-state index in [1.807, 2.05) is 0 Å². The van der Waals surface area contributed by atoms with Gasteiger partial charge in [0.1, 0.15) is 5.91 Å². The van der Waals surface area contributed by atoms with Crippen molar-refractivity contribution in [1.29, 1.82) is 0 Å². The Hall–Kier alpha value is -0.123. The Labute approximate surface area is 101 Å². The maximum absolute atomic E-state index is 5.64. The van der Waals surface area contributed by atoms with Gasteiger partial charge in [-0.05, 0) is 44.4 Å². The molecule has 0 aliphatic heterocycles. The summed E-state index contributed by atoms with van der Waals surface area (Å²) in [5.41, 5.74) is 0. The molecule has 2 aliphatic carbocycles. The quantitative estimate of drug-likeness (QED) is 0.386. The van der Waals surface area contributed by atoms with Crippen LogP contribution in [0, 0.1) is 17.8 Å². The van der Waals surface area contributed by atoms with Gasteiger partial charge in [0, 0.05) is 13.2 Å². The summed E-state index contributed by atoms with van der Waals surface area (Å²) >= 11 is 0. The van der Waals surface area contributed by atoms with Crippen molar-refractivity contribution in [1.82, 2.24) is 0 Å². The van der Waals surface area contributed by atoms with Gasteiger partial charge in [0.25, 0.3) is 0 Å². The molecule has 92 valence electrons. The van der Waals surface area contributed by atoms with Crippen LogP contribution >= 0.6 is 0 Å². The third kappa shape index (κ3) is 2.96. The predicted molar refractivity (Wildman–Crippen MR) is 69.2 cm³/mol. The van der Waals surface area contributed by atoms with Crippen LogP contribution in [-0.4, -0.2) is 28.6 Å². The molecular weight excluding hydrogens is 216 g/mol. The number of allylic oxidation sites excluding steroid dienone is 2. The lowest BCUT2D eigenvalue weighted by atomic mass is 9.96. The second kappa shape index (κ2) is 5.99. The smallest absolute Gasteiger partial charge is 0.134 e. The average Bonchev–Trinajstić information content (AvgIpc) is 2.88. The summed E-state index contributed by atoms with van der Waals surface area (Å²) in [4.78, 5) is 0.